The van der Waals surface area contributed by atoms with Crippen LogP contribution in [0, 0.1) is 0 Å². The molecule has 0 bridgehead atoms. The zero-order chi connectivity index (χ0) is 47.5. The van der Waals surface area contributed by atoms with Gasteiger partial charge in [-0.05, 0) is 11.1 Å². The van der Waals surface area contributed by atoms with E-state index in [4.69, 9.17) is 0 Å². The molecule has 336 valence electrons. The number of nitrogens with zero attached hydrogens (tertiary/aromatic N) is 1. The number of hydrogen-bond acceptors (Lipinski definition) is 2. The van der Waals surface area contributed by atoms with Crippen molar-refractivity contribution in [1.82, 2.24) is 0 Å². The van der Waals surface area contributed by atoms with Crippen molar-refractivity contribution in [1.29, 1.82) is 0 Å². The van der Waals surface area contributed by atoms with E-state index in [1.54, 1.807) is 0 Å². The molecule has 3 heteroatoms. The van der Waals surface area contributed by atoms with Crippen LogP contribution in [0.15, 0.2) is 266 Å². The third kappa shape index (κ3) is 5.70. The van der Waals surface area contributed by atoms with Gasteiger partial charge in [-0.1, -0.05) is 60.7 Å². The minimum absolute atomic E-state index is 0.129. The topological polar surface area (TPSA) is 20.3 Å². The summed E-state index contributed by atoms with van der Waals surface area (Å²) in [5.41, 5.74) is 21.6. The fraction of sp³-hybridized carbons (Fsp3) is 0.0290. The van der Waals surface area contributed by atoms with Crippen LogP contribution in [0.1, 0.15) is 44.5 Å². The Bertz CT molecular complexity index is 4060. The molecule has 0 amide bonds. The van der Waals surface area contributed by atoms with Crippen molar-refractivity contribution in [2.24, 2.45) is 0 Å². The van der Waals surface area contributed by atoms with Gasteiger partial charge in [-0.25, -0.2) is 0 Å². The number of fused-ring (bicyclic) bond motifs is 18. The third-order valence-electron chi connectivity index (χ3n) is 16.0. The molecule has 72 heavy (non-hydrogen) atoms. The number of benzene rings is 11. The fourth-order valence-electron chi connectivity index (χ4n) is 13.0. The normalized spacial score (nSPS) is 13.8. The van der Waals surface area contributed by atoms with Gasteiger partial charge < -0.3 is 0 Å². The van der Waals surface area contributed by atoms with Crippen LogP contribution in [0.25, 0.3) is 62.1 Å². The molecule has 0 saturated carbocycles. The van der Waals surface area contributed by atoms with Crippen molar-refractivity contribution in [2.45, 2.75) is 10.8 Å². The number of rotatable bonds is 5. The first-order valence-electron chi connectivity index (χ1n) is 24.8. The van der Waals surface area contributed by atoms with E-state index in [0.29, 0.717) is 0 Å². The molecule has 2 spiro atoms. The SMILES string of the molecule is O=c1c2ccccc2[te]c2cc3c(cc12)C1(c2ccccc2-c2ccccc21)c1ccc(N(c2ccc(-c4ccccc4)cc2)c2ccc(-c4ccccc4)cc2)cc1C31c2ccccc2-c2ccccc21. The zero-order valence-corrected chi connectivity index (χ0v) is 41.4. The Kier molecular flexibility index (Phi) is 9.12. The van der Waals surface area contributed by atoms with Gasteiger partial charge in [0.25, 0.3) is 0 Å². The number of anilines is 3. The second kappa shape index (κ2) is 15.8. The molecule has 0 atom stereocenters. The molecule has 12 aromatic rings. The Morgan fingerprint density at radius 1 is 0.278 bits per heavy atom. The van der Waals surface area contributed by atoms with Crippen LogP contribution in [0.5, 0.6) is 0 Å². The van der Waals surface area contributed by atoms with Crippen LogP contribution in [-0.4, -0.2) is 20.4 Å². The van der Waals surface area contributed by atoms with Crippen molar-refractivity contribution in [3.8, 4) is 44.5 Å². The molecule has 0 aliphatic heterocycles. The van der Waals surface area contributed by atoms with E-state index in [-0.39, 0.29) is 5.43 Å². The van der Waals surface area contributed by atoms with Crippen molar-refractivity contribution in [3.63, 3.8) is 0 Å². The molecule has 0 fully saturated rings. The second-order valence-corrected chi connectivity index (χ2v) is 22.5. The quantitative estimate of drug-likeness (QED) is 0.126. The van der Waals surface area contributed by atoms with Gasteiger partial charge in [0, 0.05) is 0 Å². The molecule has 1 heterocycles. The van der Waals surface area contributed by atoms with E-state index in [2.05, 4.69) is 254 Å². The van der Waals surface area contributed by atoms with Crippen LogP contribution >= 0.6 is 0 Å². The van der Waals surface area contributed by atoms with E-state index in [1.807, 2.05) is 12.1 Å². The fourth-order valence-corrected chi connectivity index (χ4v) is 16.1. The van der Waals surface area contributed by atoms with Crippen molar-refractivity contribution >= 4 is 55.1 Å². The summed E-state index contributed by atoms with van der Waals surface area (Å²) in [6, 6.07) is 96.2. The Morgan fingerprint density at radius 3 is 1.18 bits per heavy atom. The first-order valence-corrected chi connectivity index (χ1v) is 27.1. The molecule has 0 N–H and O–H groups in total. The van der Waals surface area contributed by atoms with Gasteiger partial charge in [-0.2, -0.15) is 0 Å². The van der Waals surface area contributed by atoms with E-state index in [1.165, 1.54) is 95.8 Å². The molecule has 2 nitrogen and oxygen atoms in total. The Labute approximate surface area is 428 Å². The first-order chi connectivity index (χ1) is 35.6. The summed E-state index contributed by atoms with van der Waals surface area (Å²) in [6.07, 6.45) is 0. The summed E-state index contributed by atoms with van der Waals surface area (Å²) >= 11 is -0.934. The predicted molar refractivity (Wildman–Crippen MR) is 298 cm³/mol. The summed E-state index contributed by atoms with van der Waals surface area (Å²) in [4.78, 5) is 17.5. The Hall–Kier alpha value is -8.32. The van der Waals surface area contributed by atoms with E-state index >= 15 is 4.79 Å². The van der Waals surface area contributed by atoms with Crippen molar-refractivity contribution in [2.75, 3.05) is 4.90 Å². The average molecular weight is 1030 g/mol. The van der Waals surface area contributed by atoms with Crippen molar-refractivity contribution in [3.05, 3.63) is 316 Å². The van der Waals surface area contributed by atoms with Crippen molar-refractivity contribution < 1.29 is 0 Å². The molecule has 0 saturated heterocycles. The van der Waals surface area contributed by atoms with Gasteiger partial charge in [-0.15, -0.1) is 0 Å². The van der Waals surface area contributed by atoms with E-state index < -0.39 is 31.3 Å². The molecule has 0 unspecified atom stereocenters. The molecular formula is C69H43NOTe. The van der Waals surface area contributed by atoms with Crippen LogP contribution < -0.4 is 10.3 Å². The zero-order valence-electron chi connectivity index (χ0n) is 39.1. The summed E-state index contributed by atoms with van der Waals surface area (Å²) in [6.45, 7) is 0. The predicted octanol–water partition coefficient (Wildman–Crippen LogP) is 16.3. The summed E-state index contributed by atoms with van der Waals surface area (Å²) in [5, 5.41) is 1.71. The molecule has 3 aliphatic carbocycles. The Morgan fingerprint density at radius 2 is 0.667 bits per heavy atom. The maximum absolute atomic E-state index is 15.1. The molecular weight excluding hydrogens is 986 g/mol. The molecule has 15 rings (SSSR count). The summed E-state index contributed by atoms with van der Waals surface area (Å²) < 4.78 is 2.41. The van der Waals surface area contributed by atoms with Gasteiger partial charge in [0.05, 0.1) is 0 Å². The standard InChI is InChI=1S/C69H43NOTe/c71-67-55-25-11-16-30-65(55)72-66-43-64-63(42-56(66)67)68(57-26-12-7-21-51(57)52-22-8-13-27-58(52)68)61-40-39-50(41-62(61)69(64)59-28-14-9-23-53(59)54-24-10-15-29-60(54)69)70(48-35-31-46(32-36-48)44-17-3-1-4-18-44)49-37-33-47(34-38-49)45-19-5-2-6-20-45/h1-43H. The van der Waals surface area contributed by atoms with Crippen LogP contribution in [0.4, 0.5) is 17.1 Å². The molecule has 3 aliphatic rings. The van der Waals surface area contributed by atoms with Crippen LogP contribution in [0.2, 0.25) is 0 Å². The first kappa shape index (κ1) is 41.5. The summed E-state index contributed by atoms with van der Waals surface area (Å²) in [5.74, 6) is 0. The Balaban J connectivity index is 1.08. The van der Waals surface area contributed by atoms with Crippen LogP contribution in [-0.2, 0) is 10.8 Å². The van der Waals surface area contributed by atoms with Gasteiger partial charge in [0.2, 0.25) is 0 Å². The summed E-state index contributed by atoms with van der Waals surface area (Å²) in [7, 11) is 0. The van der Waals surface area contributed by atoms with Gasteiger partial charge in [0.1, 0.15) is 0 Å². The average Bonchev–Trinajstić information content (AvgIpc) is 3.92. The maximum atomic E-state index is 15.1. The van der Waals surface area contributed by atoms with Gasteiger partial charge in [-0.3, -0.25) is 0 Å². The van der Waals surface area contributed by atoms with Crippen LogP contribution in [0.3, 0.4) is 0 Å². The minimum atomic E-state index is -0.934. The number of hydrogen-bond donors (Lipinski definition) is 0. The van der Waals surface area contributed by atoms with E-state index in [9.17, 15) is 0 Å². The van der Waals surface area contributed by atoms with Gasteiger partial charge >= 0.3 is 359 Å². The molecule has 0 radical (unpaired) electrons. The molecule has 1 aromatic heterocycles. The molecule has 11 aromatic carbocycles. The van der Waals surface area contributed by atoms with Gasteiger partial charge in [0.15, 0.2) is 0 Å². The van der Waals surface area contributed by atoms with E-state index in [0.717, 1.165) is 27.8 Å². The third-order valence-corrected chi connectivity index (χ3v) is 19.2. The monoisotopic (exact) mass is 1030 g/mol. The second-order valence-electron chi connectivity index (χ2n) is 19.4.